The summed E-state index contributed by atoms with van der Waals surface area (Å²) in [5.41, 5.74) is 0.219. The third-order valence-electron chi connectivity index (χ3n) is 1.48. The van der Waals surface area contributed by atoms with Gasteiger partial charge < -0.3 is 0 Å². The number of nitrogens with zero attached hydrogens (tertiary/aromatic N) is 1. The summed E-state index contributed by atoms with van der Waals surface area (Å²) in [4.78, 5) is 0. The highest BCUT2D eigenvalue weighted by atomic mass is 19.1. The minimum absolute atomic E-state index is 0.219. The average Bonchev–Trinajstić information content (AvgIpc) is 2.05. The molecular formula is C9H7F2N. The molecular weight excluding hydrogens is 160 g/mol. The van der Waals surface area contributed by atoms with Crippen molar-refractivity contribution in [2.45, 2.75) is 12.6 Å². The van der Waals surface area contributed by atoms with Crippen LogP contribution >= 0.6 is 0 Å². The highest BCUT2D eigenvalue weighted by Crippen LogP contribution is 2.20. The van der Waals surface area contributed by atoms with Crippen molar-refractivity contribution in [1.82, 2.24) is 0 Å². The average molecular weight is 167 g/mol. The van der Waals surface area contributed by atoms with Crippen LogP contribution in [0.4, 0.5) is 8.78 Å². The van der Waals surface area contributed by atoms with E-state index in [4.69, 9.17) is 5.26 Å². The molecule has 0 amide bonds. The number of nitriles is 1. The first kappa shape index (κ1) is 8.66. The van der Waals surface area contributed by atoms with Crippen molar-refractivity contribution in [3.05, 3.63) is 35.6 Å². The molecule has 0 spiro atoms. The zero-order valence-electron chi connectivity index (χ0n) is 6.30. The van der Waals surface area contributed by atoms with Crippen LogP contribution in [0.5, 0.6) is 0 Å². The zero-order chi connectivity index (χ0) is 8.97. The zero-order valence-corrected chi connectivity index (χ0v) is 6.30. The fourth-order valence-electron chi connectivity index (χ4n) is 0.899. The van der Waals surface area contributed by atoms with Crippen molar-refractivity contribution in [3.8, 4) is 6.07 Å². The Morgan fingerprint density at radius 3 is 2.83 bits per heavy atom. The molecule has 0 bridgehead atoms. The van der Waals surface area contributed by atoms with Crippen LogP contribution < -0.4 is 0 Å². The Labute approximate surface area is 69.2 Å². The lowest BCUT2D eigenvalue weighted by molar-refractivity contribution is 0.349. The van der Waals surface area contributed by atoms with E-state index in [2.05, 4.69) is 0 Å². The lowest BCUT2D eigenvalue weighted by Crippen LogP contribution is -1.90. The van der Waals surface area contributed by atoms with E-state index in [1.165, 1.54) is 18.2 Å². The van der Waals surface area contributed by atoms with E-state index in [1.54, 1.807) is 6.07 Å². The highest BCUT2D eigenvalue weighted by molar-refractivity contribution is 5.19. The van der Waals surface area contributed by atoms with Gasteiger partial charge in [-0.1, -0.05) is 12.1 Å². The molecule has 1 nitrogen and oxygen atoms in total. The van der Waals surface area contributed by atoms with E-state index in [-0.39, 0.29) is 12.0 Å². The maximum Gasteiger partial charge on any atom is 0.138 e. The Morgan fingerprint density at radius 2 is 2.25 bits per heavy atom. The van der Waals surface area contributed by atoms with Crippen molar-refractivity contribution in [2.75, 3.05) is 0 Å². The third-order valence-corrected chi connectivity index (χ3v) is 1.48. The van der Waals surface area contributed by atoms with Crippen molar-refractivity contribution >= 4 is 0 Å². The van der Waals surface area contributed by atoms with Gasteiger partial charge in [0.25, 0.3) is 0 Å². The fraction of sp³-hybridized carbons (Fsp3) is 0.222. The number of rotatable bonds is 2. The Kier molecular flexibility index (Phi) is 2.76. The largest absolute Gasteiger partial charge is 0.241 e. The second-order valence-corrected chi connectivity index (χ2v) is 2.38. The van der Waals surface area contributed by atoms with E-state index in [1.807, 2.05) is 0 Å². The molecule has 1 aromatic rings. The Hall–Kier alpha value is -1.43. The molecule has 1 rings (SSSR count). The molecule has 1 unspecified atom stereocenters. The first-order chi connectivity index (χ1) is 5.74. The molecule has 1 aromatic carbocycles. The van der Waals surface area contributed by atoms with E-state index in [9.17, 15) is 8.78 Å². The number of alkyl halides is 1. The van der Waals surface area contributed by atoms with E-state index in [0.29, 0.717) is 0 Å². The predicted molar refractivity (Wildman–Crippen MR) is 40.5 cm³/mol. The molecule has 12 heavy (non-hydrogen) atoms. The van der Waals surface area contributed by atoms with Crippen LogP contribution in [0.2, 0.25) is 0 Å². The van der Waals surface area contributed by atoms with Crippen LogP contribution in [0.3, 0.4) is 0 Å². The molecule has 0 N–H and O–H groups in total. The number of benzene rings is 1. The highest BCUT2D eigenvalue weighted by Gasteiger charge is 2.08. The Bertz CT molecular complexity index is 304. The van der Waals surface area contributed by atoms with Gasteiger partial charge in [0.15, 0.2) is 0 Å². The van der Waals surface area contributed by atoms with Crippen LogP contribution in [0.1, 0.15) is 18.2 Å². The lowest BCUT2D eigenvalue weighted by Gasteiger charge is -2.02. The number of hydrogen-bond acceptors (Lipinski definition) is 1. The molecule has 0 fully saturated rings. The van der Waals surface area contributed by atoms with Gasteiger partial charge in [0, 0.05) is 0 Å². The van der Waals surface area contributed by atoms with E-state index >= 15 is 0 Å². The SMILES string of the molecule is N#CCC(F)c1cccc(F)c1. The van der Waals surface area contributed by atoms with E-state index < -0.39 is 12.0 Å². The van der Waals surface area contributed by atoms with Crippen molar-refractivity contribution in [1.29, 1.82) is 5.26 Å². The van der Waals surface area contributed by atoms with Gasteiger partial charge in [0.2, 0.25) is 0 Å². The lowest BCUT2D eigenvalue weighted by atomic mass is 10.1. The molecule has 0 aliphatic heterocycles. The predicted octanol–water partition coefficient (Wildman–Crippen LogP) is 2.75. The smallest absolute Gasteiger partial charge is 0.138 e. The van der Waals surface area contributed by atoms with Gasteiger partial charge in [-0.3, -0.25) is 0 Å². The monoisotopic (exact) mass is 167 g/mol. The molecule has 0 aliphatic carbocycles. The summed E-state index contributed by atoms with van der Waals surface area (Å²) in [5.74, 6) is -0.479. The summed E-state index contributed by atoms with van der Waals surface area (Å²) < 4.78 is 25.4. The maximum atomic E-state index is 12.9. The van der Waals surface area contributed by atoms with Crippen molar-refractivity contribution in [2.24, 2.45) is 0 Å². The minimum Gasteiger partial charge on any atom is -0.241 e. The Balaban J connectivity index is 2.82. The fourth-order valence-corrected chi connectivity index (χ4v) is 0.899. The minimum atomic E-state index is -1.38. The summed E-state index contributed by atoms with van der Waals surface area (Å²) >= 11 is 0. The molecule has 1 atom stereocenters. The van der Waals surface area contributed by atoms with Gasteiger partial charge in [0.1, 0.15) is 12.0 Å². The van der Waals surface area contributed by atoms with Gasteiger partial charge in [-0.25, -0.2) is 8.78 Å². The van der Waals surface area contributed by atoms with Crippen LogP contribution in [-0.2, 0) is 0 Å². The summed E-state index contributed by atoms with van der Waals surface area (Å²) in [5, 5.41) is 8.18. The molecule has 0 aromatic heterocycles. The van der Waals surface area contributed by atoms with Crippen LogP contribution in [0, 0.1) is 17.1 Å². The summed E-state index contributed by atoms with van der Waals surface area (Å²) in [7, 11) is 0. The van der Waals surface area contributed by atoms with Gasteiger partial charge >= 0.3 is 0 Å². The van der Waals surface area contributed by atoms with Gasteiger partial charge in [0.05, 0.1) is 12.5 Å². The summed E-state index contributed by atoms with van der Waals surface area (Å²) in [6, 6.07) is 6.91. The molecule has 0 radical (unpaired) electrons. The topological polar surface area (TPSA) is 23.8 Å². The van der Waals surface area contributed by atoms with Crippen LogP contribution in [0.25, 0.3) is 0 Å². The quantitative estimate of drug-likeness (QED) is 0.664. The first-order valence-corrected chi connectivity index (χ1v) is 3.50. The first-order valence-electron chi connectivity index (χ1n) is 3.50. The number of hydrogen-bond donors (Lipinski definition) is 0. The molecule has 0 aliphatic rings. The molecule has 0 saturated carbocycles. The standard InChI is InChI=1S/C9H7F2N/c10-8-3-1-2-7(6-8)9(11)4-5-12/h1-3,6,9H,4H2. The second-order valence-electron chi connectivity index (χ2n) is 2.38. The van der Waals surface area contributed by atoms with Gasteiger partial charge in [-0.05, 0) is 17.7 Å². The molecule has 62 valence electrons. The molecule has 3 heteroatoms. The third kappa shape index (κ3) is 2.03. The van der Waals surface area contributed by atoms with Crippen molar-refractivity contribution < 1.29 is 8.78 Å². The van der Waals surface area contributed by atoms with Crippen LogP contribution in [0.15, 0.2) is 24.3 Å². The molecule has 0 saturated heterocycles. The Morgan fingerprint density at radius 1 is 1.50 bits per heavy atom. The van der Waals surface area contributed by atoms with Crippen molar-refractivity contribution in [3.63, 3.8) is 0 Å². The summed E-state index contributed by atoms with van der Waals surface area (Å²) in [6.07, 6.45) is -1.62. The van der Waals surface area contributed by atoms with Gasteiger partial charge in [-0.2, -0.15) is 5.26 Å². The summed E-state index contributed by atoms with van der Waals surface area (Å²) in [6.45, 7) is 0. The number of halogens is 2. The van der Waals surface area contributed by atoms with Gasteiger partial charge in [-0.15, -0.1) is 0 Å². The van der Waals surface area contributed by atoms with Crippen LogP contribution in [-0.4, -0.2) is 0 Å². The maximum absolute atomic E-state index is 12.9. The van der Waals surface area contributed by atoms with E-state index in [0.717, 1.165) is 6.07 Å². The second kappa shape index (κ2) is 3.82. The molecule has 0 heterocycles. The normalized spacial score (nSPS) is 12.1.